The van der Waals surface area contributed by atoms with Crippen LogP contribution in [-0.4, -0.2) is 52.1 Å². The summed E-state index contributed by atoms with van der Waals surface area (Å²) in [6.45, 7) is 1.26. The lowest BCUT2D eigenvalue weighted by atomic mass is 9.78. The Morgan fingerprint density at radius 1 is 1.06 bits per heavy atom. The van der Waals surface area contributed by atoms with Crippen LogP contribution in [0.5, 0.6) is 5.75 Å². The lowest BCUT2D eigenvalue weighted by Crippen LogP contribution is -2.52. The Balaban J connectivity index is 1.69. The van der Waals surface area contributed by atoms with Crippen LogP contribution in [0, 0.1) is 27.9 Å². The van der Waals surface area contributed by atoms with Crippen LogP contribution in [-0.2, 0) is 9.59 Å². The minimum Gasteiger partial charge on any atom is -0.497 e. The van der Waals surface area contributed by atoms with Gasteiger partial charge in [0.25, 0.3) is 23.4 Å². The van der Waals surface area contributed by atoms with E-state index in [0.717, 1.165) is 22.2 Å². The smallest absolute Gasteiger partial charge is 0.273 e. The molecule has 0 spiro atoms. The maximum absolute atomic E-state index is 13.5. The summed E-state index contributed by atoms with van der Waals surface area (Å²) in [5, 5.41) is 12.6. The largest absolute Gasteiger partial charge is 0.497 e. The van der Waals surface area contributed by atoms with Crippen molar-refractivity contribution in [1.82, 2.24) is 10.0 Å². The van der Waals surface area contributed by atoms with E-state index in [2.05, 4.69) is 0 Å². The zero-order valence-electron chi connectivity index (χ0n) is 19.1. The van der Waals surface area contributed by atoms with Crippen molar-refractivity contribution in [3.05, 3.63) is 81.9 Å². The second-order valence-corrected chi connectivity index (χ2v) is 8.46. The molecule has 1 aliphatic heterocycles. The Morgan fingerprint density at radius 3 is 2.26 bits per heavy atom. The van der Waals surface area contributed by atoms with Gasteiger partial charge in [-0.15, -0.1) is 0 Å². The van der Waals surface area contributed by atoms with Crippen LogP contribution in [0.4, 0.5) is 5.69 Å². The van der Waals surface area contributed by atoms with E-state index in [-0.39, 0.29) is 22.7 Å². The van der Waals surface area contributed by atoms with Crippen molar-refractivity contribution in [3.8, 4) is 5.75 Å². The number of ether oxygens (including phenoxy) is 1. The van der Waals surface area contributed by atoms with Gasteiger partial charge in [0, 0.05) is 23.3 Å². The van der Waals surface area contributed by atoms with Gasteiger partial charge in [0.2, 0.25) is 0 Å². The van der Waals surface area contributed by atoms with Crippen molar-refractivity contribution in [2.45, 2.75) is 13.3 Å². The number of hydrazine groups is 1. The normalized spacial score (nSPS) is 21.0. The molecule has 2 aromatic rings. The first-order valence-electron chi connectivity index (χ1n) is 11.0. The Bertz CT molecular complexity index is 1220. The first-order valence-corrected chi connectivity index (χ1v) is 11.0. The molecular formula is C25H23N3O7. The summed E-state index contributed by atoms with van der Waals surface area (Å²) in [4.78, 5) is 63.6. The molecule has 0 saturated carbocycles. The predicted octanol–water partition coefficient (Wildman–Crippen LogP) is 3.04. The van der Waals surface area contributed by atoms with Crippen molar-refractivity contribution in [2.24, 2.45) is 17.8 Å². The maximum Gasteiger partial charge on any atom is 0.273 e. The van der Waals surface area contributed by atoms with Crippen LogP contribution >= 0.6 is 0 Å². The van der Waals surface area contributed by atoms with Gasteiger partial charge in [-0.2, -0.15) is 5.01 Å². The van der Waals surface area contributed by atoms with Gasteiger partial charge in [-0.3, -0.25) is 29.3 Å². The number of non-ortho nitro benzene ring substituents is 1. The Kier molecular flexibility index (Phi) is 6.46. The van der Waals surface area contributed by atoms with E-state index >= 15 is 0 Å². The molecule has 10 heteroatoms. The van der Waals surface area contributed by atoms with E-state index in [9.17, 15) is 29.3 Å². The summed E-state index contributed by atoms with van der Waals surface area (Å²) in [6, 6.07) is 11.0. The van der Waals surface area contributed by atoms with Gasteiger partial charge in [-0.25, -0.2) is 5.01 Å². The number of imide groups is 1. The number of nitro groups is 1. The van der Waals surface area contributed by atoms with E-state index in [4.69, 9.17) is 4.74 Å². The van der Waals surface area contributed by atoms with E-state index in [1.54, 1.807) is 12.1 Å². The molecule has 35 heavy (non-hydrogen) atoms. The second kappa shape index (κ2) is 9.49. The van der Waals surface area contributed by atoms with E-state index in [1.807, 2.05) is 19.1 Å². The number of allylic oxidation sites excluding steroid dienone is 2. The van der Waals surface area contributed by atoms with E-state index in [0.29, 0.717) is 12.2 Å². The summed E-state index contributed by atoms with van der Waals surface area (Å²) >= 11 is 0. The van der Waals surface area contributed by atoms with Gasteiger partial charge in [-0.05, 0) is 48.7 Å². The van der Waals surface area contributed by atoms with Gasteiger partial charge in [0.1, 0.15) is 12.3 Å². The lowest BCUT2D eigenvalue weighted by molar-refractivity contribution is -0.384. The minimum atomic E-state index is -0.789. The number of Topliss-reactive ketones (excluding diaryl/α,β-unsaturated/α-hetero) is 1. The summed E-state index contributed by atoms with van der Waals surface area (Å²) in [6.07, 6.45) is 4.06. The minimum absolute atomic E-state index is 0.000207. The molecule has 1 heterocycles. The number of fused-ring (bicyclic) bond motifs is 1. The third-order valence-corrected chi connectivity index (χ3v) is 6.36. The van der Waals surface area contributed by atoms with Gasteiger partial charge < -0.3 is 4.74 Å². The molecule has 4 rings (SSSR count). The highest BCUT2D eigenvalue weighted by Gasteiger charge is 2.53. The van der Waals surface area contributed by atoms with Crippen molar-refractivity contribution in [2.75, 3.05) is 13.7 Å². The zero-order valence-corrected chi connectivity index (χ0v) is 19.1. The van der Waals surface area contributed by atoms with Gasteiger partial charge >= 0.3 is 0 Å². The molecule has 0 aromatic heterocycles. The molecule has 1 saturated heterocycles. The molecule has 1 aliphatic carbocycles. The summed E-state index contributed by atoms with van der Waals surface area (Å²) in [5.41, 5.74) is 0.0419. The fourth-order valence-corrected chi connectivity index (χ4v) is 4.48. The molecule has 180 valence electrons. The molecule has 0 bridgehead atoms. The number of benzene rings is 2. The van der Waals surface area contributed by atoms with Crippen LogP contribution in [0.25, 0.3) is 0 Å². The van der Waals surface area contributed by atoms with Crippen LogP contribution in [0.1, 0.15) is 34.1 Å². The van der Waals surface area contributed by atoms with Crippen LogP contribution in [0.2, 0.25) is 0 Å². The fourth-order valence-electron chi connectivity index (χ4n) is 4.48. The molecule has 0 unspecified atom stereocenters. The summed E-state index contributed by atoms with van der Waals surface area (Å²) < 4.78 is 5.10. The van der Waals surface area contributed by atoms with Crippen LogP contribution < -0.4 is 4.74 Å². The van der Waals surface area contributed by atoms with Crippen LogP contribution in [0.15, 0.2) is 60.7 Å². The highest BCUT2D eigenvalue weighted by Crippen LogP contribution is 2.39. The van der Waals surface area contributed by atoms with Crippen LogP contribution in [0.3, 0.4) is 0 Å². The highest BCUT2D eigenvalue weighted by atomic mass is 16.6. The molecule has 1 fully saturated rings. The number of hydrogen-bond acceptors (Lipinski definition) is 7. The molecular weight excluding hydrogens is 454 g/mol. The number of rotatable bonds is 7. The number of carbonyl (C=O) groups is 4. The van der Waals surface area contributed by atoms with Crippen molar-refractivity contribution in [3.63, 3.8) is 0 Å². The zero-order chi connectivity index (χ0) is 25.3. The Hall–Kier alpha value is -4.34. The third kappa shape index (κ3) is 4.42. The van der Waals surface area contributed by atoms with Crippen molar-refractivity contribution >= 4 is 29.2 Å². The van der Waals surface area contributed by atoms with Crippen molar-refractivity contribution in [1.29, 1.82) is 0 Å². The number of hydrogen-bond donors (Lipinski definition) is 0. The standard InChI is InChI=1S/C25H23N3O7/c1-15-4-3-5-20-22(15)25(32)27(24(20)31)26(14-21(29)16-8-12-19(35-2)13-9-16)23(30)17-6-10-18(11-7-17)28(33)34/h3-4,6-13,15,20,22H,5,14H2,1-2H3/t15-,20+,22-/m0/s1. The predicted molar refractivity (Wildman–Crippen MR) is 123 cm³/mol. The number of nitro benzene ring substituents is 1. The van der Waals surface area contributed by atoms with E-state index < -0.39 is 46.8 Å². The number of ketones is 1. The maximum atomic E-state index is 13.5. The Labute approximate surface area is 200 Å². The SMILES string of the molecule is COc1ccc(C(=O)CN(C(=O)c2ccc([N+](=O)[O-])cc2)N2C(=O)[C@H]3[C@@H](C)C=CC[C@H]3C2=O)cc1. The number of amides is 3. The average Bonchev–Trinajstić information content (AvgIpc) is 3.12. The Morgan fingerprint density at radius 2 is 1.69 bits per heavy atom. The monoisotopic (exact) mass is 477 g/mol. The van der Waals surface area contributed by atoms with Gasteiger partial charge in [0.15, 0.2) is 5.78 Å². The molecule has 10 nitrogen and oxygen atoms in total. The first kappa shape index (κ1) is 23.8. The molecule has 3 amide bonds. The third-order valence-electron chi connectivity index (χ3n) is 6.36. The molecule has 2 aromatic carbocycles. The number of methoxy groups -OCH3 is 1. The quantitative estimate of drug-likeness (QED) is 0.197. The second-order valence-electron chi connectivity index (χ2n) is 8.46. The highest BCUT2D eigenvalue weighted by molar-refractivity contribution is 6.09. The van der Waals surface area contributed by atoms with Gasteiger partial charge in [0.05, 0.1) is 23.9 Å². The first-order chi connectivity index (χ1) is 16.7. The average molecular weight is 477 g/mol. The summed E-state index contributed by atoms with van der Waals surface area (Å²) in [5.74, 6) is -3.29. The number of nitrogens with zero attached hydrogens (tertiary/aromatic N) is 3. The van der Waals surface area contributed by atoms with Gasteiger partial charge in [-0.1, -0.05) is 19.1 Å². The topological polar surface area (TPSA) is 127 Å². The molecule has 2 aliphatic rings. The molecule has 0 N–H and O–H groups in total. The summed E-state index contributed by atoms with van der Waals surface area (Å²) in [7, 11) is 1.49. The number of carbonyl (C=O) groups excluding carboxylic acids is 4. The lowest BCUT2D eigenvalue weighted by Gasteiger charge is -2.30. The van der Waals surface area contributed by atoms with Crippen molar-refractivity contribution < 1.29 is 28.8 Å². The molecule has 0 radical (unpaired) electrons. The fraction of sp³-hybridized carbons (Fsp3) is 0.280. The molecule has 3 atom stereocenters. The van der Waals surface area contributed by atoms with E-state index in [1.165, 1.54) is 31.4 Å².